The Bertz CT molecular complexity index is 2130. The van der Waals surface area contributed by atoms with Crippen molar-refractivity contribution in [3.8, 4) is 22.6 Å². The number of nitrogens with zero attached hydrogens (tertiary/aromatic N) is 8. The Labute approximate surface area is 290 Å². The van der Waals surface area contributed by atoms with E-state index in [1.165, 1.54) is 32.7 Å². The minimum atomic E-state index is -0.841. The van der Waals surface area contributed by atoms with E-state index in [9.17, 15) is 18.4 Å². The smallest absolute Gasteiger partial charge is 0.270 e. The number of amides is 2. The third-order valence-corrected chi connectivity index (χ3v) is 9.20. The molecule has 0 spiro atoms. The lowest BCUT2D eigenvalue weighted by Gasteiger charge is -2.35. The number of pyridine rings is 2. The number of aromatic amines is 1. The number of nitrogens with one attached hydrogen (secondary N) is 1. The van der Waals surface area contributed by atoms with E-state index >= 15 is 4.39 Å². The fourth-order valence-electron chi connectivity index (χ4n) is 6.63. The Hall–Kier alpha value is -5.93. The topological polar surface area (TPSA) is 135 Å². The van der Waals surface area contributed by atoms with Crippen LogP contribution in [0.3, 0.4) is 0 Å². The van der Waals surface area contributed by atoms with Crippen molar-refractivity contribution in [1.29, 1.82) is 0 Å². The highest BCUT2D eigenvalue weighted by atomic mass is 19.1. The highest BCUT2D eigenvalue weighted by Crippen LogP contribution is 2.41. The van der Waals surface area contributed by atoms with E-state index in [2.05, 4.69) is 25.3 Å². The zero-order valence-corrected chi connectivity index (χ0v) is 27.9. The summed E-state index contributed by atoms with van der Waals surface area (Å²) >= 11 is 0. The van der Waals surface area contributed by atoms with Crippen molar-refractivity contribution in [3.05, 3.63) is 84.0 Å². The number of fused-ring (bicyclic) bond motifs is 1. The van der Waals surface area contributed by atoms with Crippen molar-refractivity contribution < 1.29 is 32.2 Å². The average molecular weight is 702 g/mol. The molecular formula is C35H34F3N9O4. The molecule has 0 atom stereocenters. The van der Waals surface area contributed by atoms with Crippen LogP contribution in [0.15, 0.2) is 55.1 Å². The van der Waals surface area contributed by atoms with Gasteiger partial charge >= 0.3 is 0 Å². The van der Waals surface area contributed by atoms with Crippen molar-refractivity contribution in [2.45, 2.75) is 19.4 Å². The third kappa shape index (κ3) is 6.56. The van der Waals surface area contributed by atoms with Gasteiger partial charge in [0.15, 0.2) is 23.1 Å². The van der Waals surface area contributed by atoms with Gasteiger partial charge in [-0.1, -0.05) is 11.3 Å². The van der Waals surface area contributed by atoms with E-state index in [0.29, 0.717) is 79.3 Å². The van der Waals surface area contributed by atoms with Crippen LogP contribution in [0.25, 0.3) is 27.6 Å². The highest BCUT2D eigenvalue weighted by molar-refractivity contribution is 6.05. The van der Waals surface area contributed by atoms with Crippen molar-refractivity contribution >= 4 is 34.1 Å². The molecule has 0 bridgehead atoms. The predicted molar refractivity (Wildman–Crippen MR) is 181 cm³/mol. The number of hydrogen-bond donors (Lipinski definition) is 1. The molecule has 264 valence electrons. The minimum Gasteiger partial charge on any atom is -0.493 e. The van der Waals surface area contributed by atoms with Crippen molar-refractivity contribution in [2.75, 3.05) is 58.4 Å². The molecule has 1 fully saturated rings. The van der Waals surface area contributed by atoms with E-state index in [0.717, 1.165) is 6.20 Å². The average Bonchev–Trinajstić information content (AvgIpc) is 3.85. The fourth-order valence-corrected chi connectivity index (χ4v) is 6.63. The zero-order valence-electron chi connectivity index (χ0n) is 27.9. The van der Waals surface area contributed by atoms with E-state index in [4.69, 9.17) is 9.47 Å². The van der Waals surface area contributed by atoms with Gasteiger partial charge in [-0.05, 0) is 35.8 Å². The summed E-state index contributed by atoms with van der Waals surface area (Å²) in [5.74, 6) is -1.80. The second-order valence-electron chi connectivity index (χ2n) is 12.1. The summed E-state index contributed by atoms with van der Waals surface area (Å²) in [6, 6.07) is 5.99. The van der Waals surface area contributed by atoms with E-state index in [-0.39, 0.29) is 47.3 Å². The number of carbonyl (C=O) groups is 2. The summed E-state index contributed by atoms with van der Waals surface area (Å²) in [6.07, 6.45) is 8.21. The second-order valence-corrected chi connectivity index (χ2v) is 12.1. The third-order valence-electron chi connectivity index (χ3n) is 9.20. The van der Waals surface area contributed by atoms with E-state index in [1.807, 2.05) is 11.0 Å². The maximum atomic E-state index is 16.6. The molecule has 1 saturated heterocycles. The molecule has 0 radical (unpaired) electrons. The fraction of sp³-hybridized carbons (Fsp3) is 0.314. The molecule has 2 aliphatic heterocycles. The van der Waals surface area contributed by atoms with Crippen molar-refractivity contribution in [2.24, 2.45) is 0 Å². The number of anilines is 1. The lowest BCUT2D eigenvalue weighted by Crippen LogP contribution is -2.49. The molecule has 6 heterocycles. The summed E-state index contributed by atoms with van der Waals surface area (Å²) in [5.41, 5.74) is 1.72. The van der Waals surface area contributed by atoms with Crippen LogP contribution in [0, 0.1) is 17.6 Å². The Balaban J connectivity index is 1.20. The molecule has 51 heavy (non-hydrogen) atoms. The number of piperazine rings is 1. The maximum absolute atomic E-state index is 16.6. The predicted octanol–water partition coefficient (Wildman–Crippen LogP) is 4.32. The standard InChI is InChI=1S/C35H34F3N9O4/c1-50-28-16-22(36)19-40-34(28)44-12-14-45(15-13-44)35(49)27-18-26-25(23-5-7-39-33(38)32(23)51-2)17-24(30(37)31(26)42-27)21-4-3-9-46(20-21)29(48)6-10-47-11-8-41-43-47/h4-5,7-8,11,16-19,42H,3,6,9-10,12-15,20H2,1-2H3. The molecule has 2 amide bonds. The van der Waals surface area contributed by atoms with Gasteiger partial charge in [0.25, 0.3) is 11.9 Å². The molecule has 4 aromatic heterocycles. The molecule has 0 saturated carbocycles. The molecule has 16 heteroatoms. The molecule has 1 N–H and O–H groups in total. The number of carbonyl (C=O) groups excluding carboxylic acids is 2. The normalized spacial score (nSPS) is 14.9. The number of H-pyrrole nitrogens is 1. The summed E-state index contributed by atoms with van der Waals surface area (Å²) in [6.45, 7) is 2.42. The molecule has 1 aromatic carbocycles. The zero-order chi connectivity index (χ0) is 35.6. The van der Waals surface area contributed by atoms with Gasteiger partial charge in [-0.25, -0.2) is 18.7 Å². The second kappa shape index (κ2) is 14.1. The van der Waals surface area contributed by atoms with Crippen LogP contribution in [0.1, 0.15) is 28.9 Å². The number of methoxy groups -OCH3 is 2. The molecule has 2 aliphatic rings. The SMILES string of the molecule is COc1cc(F)cnc1N1CCN(C(=O)c2cc3c(-c4ccnc(F)c4OC)cc(C4=CCCN(C(=O)CCn5ccnn5)C4)c(F)c3[nH]2)CC1. The molecule has 13 nitrogen and oxygen atoms in total. The Kier molecular flexibility index (Phi) is 9.30. The lowest BCUT2D eigenvalue weighted by molar-refractivity contribution is -0.131. The lowest BCUT2D eigenvalue weighted by atomic mass is 9.93. The van der Waals surface area contributed by atoms with Crippen LogP contribution < -0.4 is 14.4 Å². The molecular weight excluding hydrogens is 667 g/mol. The number of halogens is 3. The Morgan fingerprint density at radius 2 is 1.75 bits per heavy atom. The van der Waals surface area contributed by atoms with Crippen LogP contribution >= 0.6 is 0 Å². The first-order valence-corrected chi connectivity index (χ1v) is 16.3. The minimum absolute atomic E-state index is 0.0551. The first-order valence-electron chi connectivity index (χ1n) is 16.3. The van der Waals surface area contributed by atoms with Gasteiger partial charge in [-0.2, -0.15) is 4.39 Å². The first-order chi connectivity index (χ1) is 24.7. The first kappa shape index (κ1) is 33.6. The van der Waals surface area contributed by atoms with E-state index < -0.39 is 17.6 Å². The molecule has 0 unspecified atom stereocenters. The van der Waals surface area contributed by atoms with Gasteiger partial charge in [-0.15, -0.1) is 5.10 Å². The van der Waals surface area contributed by atoms with Crippen molar-refractivity contribution in [1.82, 2.24) is 39.7 Å². The number of aromatic nitrogens is 6. The van der Waals surface area contributed by atoms with Crippen LogP contribution in [0.5, 0.6) is 11.5 Å². The largest absolute Gasteiger partial charge is 0.493 e. The summed E-state index contributed by atoms with van der Waals surface area (Å²) in [5, 5.41) is 8.02. The maximum Gasteiger partial charge on any atom is 0.270 e. The van der Waals surface area contributed by atoms with Gasteiger partial charge < -0.3 is 29.2 Å². The van der Waals surface area contributed by atoms with Gasteiger partial charge in [0.2, 0.25) is 5.91 Å². The van der Waals surface area contributed by atoms with Crippen LogP contribution in [-0.4, -0.2) is 105 Å². The van der Waals surface area contributed by atoms with E-state index in [1.54, 1.807) is 38.9 Å². The number of hydrogen-bond acceptors (Lipinski definition) is 9. The molecule has 0 aliphatic carbocycles. The Morgan fingerprint density at radius 1 is 0.922 bits per heavy atom. The number of rotatable bonds is 9. The monoisotopic (exact) mass is 701 g/mol. The van der Waals surface area contributed by atoms with Gasteiger partial charge in [0.05, 0.1) is 38.7 Å². The quantitative estimate of drug-likeness (QED) is 0.223. The van der Waals surface area contributed by atoms with Crippen LogP contribution in [-0.2, 0) is 11.3 Å². The molecule has 7 rings (SSSR count). The Morgan fingerprint density at radius 3 is 2.49 bits per heavy atom. The van der Waals surface area contributed by atoms with Crippen LogP contribution in [0.4, 0.5) is 19.0 Å². The van der Waals surface area contributed by atoms with Gasteiger partial charge in [0.1, 0.15) is 11.5 Å². The summed E-state index contributed by atoms with van der Waals surface area (Å²) < 4.78 is 57.5. The number of ether oxygens (including phenoxy) is 2. The van der Waals surface area contributed by atoms with Crippen molar-refractivity contribution in [3.63, 3.8) is 0 Å². The summed E-state index contributed by atoms with van der Waals surface area (Å²) in [7, 11) is 2.76. The number of benzene rings is 1. The van der Waals surface area contributed by atoms with Gasteiger partial charge in [-0.3, -0.25) is 14.3 Å². The van der Waals surface area contributed by atoms with Gasteiger partial charge in [0, 0.05) is 80.7 Å². The number of aryl methyl sites for hydroxylation is 1. The molecule has 5 aromatic rings. The summed E-state index contributed by atoms with van der Waals surface area (Å²) in [4.78, 5) is 43.1. The highest BCUT2D eigenvalue weighted by Gasteiger charge is 2.29. The van der Waals surface area contributed by atoms with Crippen LogP contribution in [0.2, 0.25) is 0 Å².